The Kier molecular flexibility index (Phi) is 5.23. The summed E-state index contributed by atoms with van der Waals surface area (Å²) in [7, 11) is 0. The van der Waals surface area contributed by atoms with Gasteiger partial charge in [0.25, 0.3) is 5.91 Å². The number of nitrogens with zero attached hydrogens (tertiary/aromatic N) is 4. The number of hydrogen-bond donors (Lipinski definition) is 0. The molecular weight excluding hydrogens is 401 g/mol. The van der Waals surface area contributed by atoms with Crippen molar-refractivity contribution in [2.75, 3.05) is 12.3 Å². The summed E-state index contributed by atoms with van der Waals surface area (Å²) in [5.74, 6) is -1.56. The minimum atomic E-state index is -4.66. The molecule has 2 aromatic carbocycles. The second-order valence-electron chi connectivity index (χ2n) is 6.34. The van der Waals surface area contributed by atoms with Crippen molar-refractivity contribution < 1.29 is 18.0 Å². The molecule has 0 unspecified atom stereocenters. The summed E-state index contributed by atoms with van der Waals surface area (Å²) in [4.78, 5) is 19.8. The van der Waals surface area contributed by atoms with Gasteiger partial charge in [-0.05, 0) is 11.6 Å². The molecule has 0 spiro atoms. The van der Waals surface area contributed by atoms with Crippen molar-refractivity contribution in [1.82, 2.24) is 15.0 Å². The Balaban J connectivity index is 1.53. The summed E-state index contributed by atoms with van der Waals surface area (Å²) in [5.41, 5.74) is 1.96. The van der Waals surface area contributed by atoms with Gasteiger partial charge >= 0.3 is 6.18 Å². The minimum Gasteiger partial charge on any atom is -0.272 e. The Morgan fingerprint density at radius 3 is 2.52 bits per heavy atom. The van der Waals surface area contributed by atoms with E-state index in [1.165, 1.54) is 11.1 Å². The fourth-order valence-corrected chi connectivity index (χ4v) is 3.85. The van der Waals surface area contributed by atoms with E-state index in [4.69, 9.17) is 0 Å². The van der Waals surface area contributed by atoms with Gasteiger partial charge in [-0.3, -0.25) is 4.79 Å². The molecule has 1 amide bonds. The smallest absolute Gasteiger partial charge is 0.272 e. The molecule has 4 rings (SSSR count). The van der Waals surface area contributed by atoms with Crippen LogP contribution in [0.4, 0.5) is 13.2 Å². The van der Waals surface area contributed by atoms with Crippen molar-refractivity contribution in [2.24, 2.45) is 5.10 Å². The molecule has 0 bridgehead atoms. The lowest BCUT2D eigenvalue weighted by Gasteiger charge is -2.12. The van der Waals surface area contributed by atoms with E-state index in [9.17, 15) is 18.0 Å². The molecule has 1 aliphatic rings. The van der Waals surface area contributed by atoms with Crippen molar-refractivity contribution in [3.63, 3.8) is 0 Å². The number of amides is 1. The molecule has 0 saturated heterocycles. The zero-order chi connectivity index (χ0) is 20.4. The van der Waals surface area contributed by atoms with E-state index in [1.807, 2.05) is 30.3 Å². The first-order chi connectivity index (χ1) is 13.9. The van der Waals surface area contributed by atoms with Crippen molar-refractivity contribution in [3.05, 3.63) is 66.0 Å². The molecule has 5 nitrogen and oxygen atoms in total. The van der Waals surface area contributed by atoms with E-state index in [0.717, 1.165) is 23.0 Å². The third-order valence-electron chi connectivity index (χ3n) is 4.35. The maximum absolute atomic E-state index is 13.1. The zero-order valence-corrected chi connectivity index (χ0v) is 15.9. The van der Waals surface area contributed by atoms with Crippen LogP contribution in [0.25, 0.3) is 10.9 Å². The lowest BCUT2D eigenvalue weighted by molar-refractivity contribution is -0.145. The highest BCUT2D eigenvalue weighted by Crippen LogP contribution is 2.32. The van der Waals surface area contributed by atoms with Crippen molar-refractivity contribution >= 4 is 34.3 Å². The van der Waals surface area contributed by atoms with Gasteiger partial charge in [0.2, 0.25) is 5.82 Å². The molecule has 0 fully saturated rings. The summed E-state index contributed by atoms with van der Waals surface area (Å²) in [6.45, 7) is 0.446. The number of rotatable bonds is 4. The van der Waals surface area contributed by atoms with Crippen LogP contribution in [0.3, 0.4) is 0 Å². The summed E-state index contributed by atoms with van der Waals surface area (Å²) in [6.07, 6.45) is -4.03. The predicted octanol–water partition coefficient (Wildman–Crippen LogP) is 4.38. The topological polar surface area (TPSA) is 58.5 Å². The normalized spacial score (nSPS) is 14.3. The standard InChI is InChI=1S/C20H15F3N4OS/c21-20(22,23)19-24-16-9-5-4-8-14(16)18(25-19)29-12-17(28)27-11-10-15(26-27)13-6-2-1-3-7-13/h1-9H,10-12H2. The Bertz CT molecular complexity index is 1090. The van der Waals surface area contributed by atoms with Crippen LogP contribution in [-0.4, -0.2) is 38.9 Å². The van der Waals surface area contributed by atoms with E-state index in [1.54, 1.807) is 18.2 Å². The number of benzene rings is 2. The molecule has 2 heterocycles. The molecule has 148 valence electrons. The highest BCUT2D eigenvalue weighted by atomic mass is 32.2. The number of fused-ring (bicyclic) bond motifs is 1. The maximum atomic E-state index is 13.1. The lowest BCUT2D eigenvalue weighted by atomic mass is 10.1. The second-order valence-corrected chi connectivity index (χ2v) is 7.30. The first-order valence-electron chi connectivity index (χ1n) is 8.82. The Hall–Kier alpha value is -2.94. The van der Waals surface area contributed by atoms with Crippen LogP contribution in [0.2, 0.25) is 0 Å². The molecule has 9 heteroatoms. The van der Waals surface area contributed by atoms with Crippen LogP contribution in [0.5, 0.6) is 0 Å². The SMILES string of the molecule is O=C(CSc1nc(C(F)(F)F)nc2ccccc12)N1CCC(c2ccccc2)=N1. The molecule has 0 aliphatic carbocycles. The van der Waals surface area contributed by atoms with Crippen LogP contribution in [-0.2, 0) is 11.0 Å². The van der Waals surface area contributed by atoms with Crippen LogP contribution in [0.1, 0.15) is 17.8 Å². The molecule has 0 N–H and O–H groups in total. The van der Waals surface area contributed by atoms with Gasteiger partial charge < -0.3 is 0 Å². The molecule has 0 radical (unpaired) electrons. The van der Waals surface area contributed by atoms with Crippen LogP contribution < -0.4 is 0 Å². The highest BCUT2D eigenvalue weighted by molar-refractivity contribution is 8.00. The van der Waals surface area contributed by atoms with Gasteiger partial charge in [0, 0.05) is 11.8 Å². The van der Waals surface area contributed by atoms with Gasteiger partial charge in [0.05, 0.1) is 23.5 Å². The van der Waals surface area contributed by atoms with Crippen molar-refractivity contribution in [3.8, 4) is 0 Å². The van der Waals surface area contributed by atoms with Gasteiger partial charge in [-0.15, -0.1) is 0 Å². The number of halogens is 3. The first kappa shape index (κ1) is 19.4. The fraction of sp³-hybridized carbons (Fsp3) is 0.200. The number of para-hydroxylation sites is 1. The van der Waals surface area contributed by atoms with Gasteiger partial charge in [-0.2, -0.15) is 18.3 Å². The Labute approximate surface area is 168 Å². The van der Waals surface area contributed by atoms with E-state index in [2.05, 4.69) is 15.1 Å². The number of alkyl halides is 3. The molecular formula is C20H15F3N4OS. The number of carbonyl (C=O) groups is 1. The van der Waals surface area contributed by atoms with Gasteiger partial charge in [-0.25, -0.2) is 15.0 Å². The molecule has 0 atom stereocenters. The molecule has 0 saturated carbocycles. The zero-order valence-electron chi connectivity index (χ0n) is 15.1. The van der Waals surface area contributed by atoms with E-state index < -0.39 is 12.0 Å². The Morgan fingerprint density at radius 1 is 1.03 bits per heavy atom. The second kappa shape index (κ2) is 7.82. The van der Waals surface area contributed by atoms with Crippen LogP contribution >= 0.6 is 11.8 Å². The average Bonchev–Trinajstić information content (AvgIpc) is 3.22. The van der Waals surface area contributed by atoms with Crippen LogP contribution in [0.15, 0.2) is 64.7 Å². The lowest BCUT2D eigenvalue weighted by Crippen LogP contribution is -2.25. The maximum Gasteiger partial charge on any atom is 0.451 e. The average molecular weight is 416 g/mol. The third-order valence-corrected chi connectivity index (χ3v) is 5.33. The molecule has 1 aromatic heterocycles. The molecule has 1 aliphatic heterocycles. The Morgan fingerprint density at radius 2 is 1.76 bits per heavy atom. The monoisotopic (exact) mass is 416 g/mol. The van der Waals surface area contributed by atoms with Gasteiger partial charge in [0.1, 0.15) is 5.03 Å². The summed E-state index contributed by atoms with van der Waals surface area (Å²) in [6, 6.07) is 16.0. The van der Waals surface area contributed by atoms with Crippen molar-refractivity contribution in [1.29, 1.82) is 0 Å². The summed E-state index contributed by atoms with van der Waals surface area (Å²) < 4.78 is 39.4. The van der Waals surface area contributed by atoms with E-state index >= 15 is 0 Å². The molecule has 3 aromatic rings. The highest BCUT2D eigenvalue weighted by Gasteiger charge is 2.35. The largest absolute Gasteiger partial charge is 0.451 e. The fourth-order valence-electron chi connectivity index (χ4n) is 2.96. The number of carbonyl (C=O) groups excluding carboxylic acids is 1. The number of aromatic nitrogens is 2. The third kappa shape index (κ3) is 4.24. The number of thioether (sulfide) groups is 1. The quantitative estimate of drug-likeness (QED) is 0.468. The van der Waals surface area contributed by atoms with Gasteiger partial charge in [-0.1, -0.05) is 60.3 Å². The minimum absolute atomic E-state index is 0.0656. The van der Waals surface area contributed by atoms with Crippen LogP contribution in [0, 0.1) is 0 Å². The van der Waals surface area contributed by atoms with Gasteiger partial charge in [0.15, 0.2) is 0 Å². The number of hydrogen-bond acceptors (Lipinski definition) is 5. The van der Waals surface area contributed by atoms with E-state index in [-0.39, 0.29) is 22.2 Å². The predicted molar refractivity (Wildman–Crippen MR) is 105 cm³/mol. The van der Waals surface area contributed by atoms with E-state index in [0.29, 0.717) is 18.4 Å². The summed E-state index contributed by atoms with van der Waals surface area (Å²) >= 11 is 0.961. The summed E-state index contributed by atoms with van der Waals surface area (Å²) in [5, 5.41) is 6.34. The van der Waals surface area contributed by atoms with Crippen molar-refractivity contribution in [2.45, 2.75) is 17.6 Å². The first-order valence-corrected chi connectivity index (χ1v) is 9.80. The number of hydrazone groups is 1. The molecule has 29 heavy (non-hydrogen) atoms.